The predicted molar refractivity (Wildman–Crippen MR) is 146 cm³/mol. The third kappa shape index (κ3) is 14.0. The molecule has 9 heteroatoms. The number of carbonyl (C=O) groups is 4. The van der Waals surface area contributed by atoms with Gasteiger partial charge in [-0.1, -0.05) is 17.7 Å². The van der Waals surface area contributed by atoms with Crippen molar-refractivity contribution in [3.05, 3.63) is 35.4 Å². The van der Waals surface area contributed by atoms with Crippen LogP contribution in [0.2, 0.25) is 0 Å². The fourth-order valence-electron chi connectivity index (χ4n) is 3.48. The van der Waals surface area contributed by atoms with E-state index >= 15 is 0 Å². The van der Waals surface area contributed by atoms with E-state index in [0.29, 0.717) is 24.9 Å². The lowest BCUT2D eigenvalue weighted by Crippen LogP contribution is -2.47. The van der Waals surface area contributed by atoms with Gasteiger partial charge in [0.25, 0.3) is 5.91 Å². The number of carbonyl (C=O) groups excluding carboxylic acids is 4. The molecule has 0 spiro atoms. The van der Waals surface area contributed by atoms with Gasteiger partial charge in [-0.3, -0.25) is 9.59 Å². The molecule has 0 aliphatic heterocycles. The Bertz CT molecular complexity index is 968. The summed E-state index contributed by atoms with van der Waals surface area (Å²) in [5.74, 6) is -2.12. The van der Waals surface area contributed by atoms with Gasteiger partial charge in [0.05, 0.1) is 5.92 Å². The number of rotatable bonds is 10. The van der Waals surface area contributed by atoms with Crippen molar-refractivity contribution in [1.82, 2.24) is 10.6 Å². The molecule has 0 aromatic heterocycles. The van der Waals surface area contributed by atoms with E-state index in [1.165, 1.54) is 0 Å². The number of amides is 2. The fraction of sp³-hybridized carbons (Fsp3) is 0.655. The van der Waals surface area contributed by atoms with E-state index in [-0.39, 0.29) is 12.3 Å². The summed E-state index contributed by atoms with van der Waals surface area (Å²) in [6.07, 6.45) is -0.0657. The van der Waals surface area contributed by atoms with Crippen LogP contribution in [0.15, 0.2) is 24.3 Å². The normalized spacial score (nSPS) is 13.6. The molecule has 2 N–H and O–H groups in total. The molecular weight excluding hydrogens is 488 g/mol. The first-order valence-corrected chi connectivity index (χ1v) is 13.1. The van der Waals surface area contributed by atoms with Crippen LogP contribution < -0.4 is 10.6 Å². The van der Waals surface area contributed by atoms with Crippen LogP contribution in [0.4, 0.5) is 4.79 Å². The summed E-state index contributed by atoms with van der Waals surface area (Å²) in [5, 5.41) is 5.43. The Kier molecular flexibility index (Phi) is 11.8. The molecule has 0 heterocycles. The molecule has 1 aromatic rings. The number of hydrogen-bond donors (Lipinski definition) is 2. The Labute approximate surface area is 227 Å². The first-order valence-electron chi connectivity index (χ1n) is 13.1. The Morgan fingerprint density at radius 2 is 1.37 bits per heavy atom. The Hall–Kier alpha value is -3.10. The maximum Gasteiger partial charge on any atom is 0.408 e. The SMILES string of the molecule is Cc1cccc(C(=O)NCCC[C@@H](C[C@H](NC(=O)OC(C)(C)C)C(=O)OC(C)(C)C)C(=O)OC(C)(C)C)c1. The maximum absolute atomic E-state index is 13.1. The van der Waals surface area contributed by atoms with Gasteiger partial charge in [-0.25, -0.2) is 9.59 Å². The highest BCUT2D eigenvalue weighted by molar-refractivity contribution is 5.94. The summed E-state index contributed by atoms with van der Waals surface area (Å²) in [5.41, 5.74) is -0.780. The van der Waals surface area contributed by atoms with Gasteiger partial charge in [0.2, 0.25) is 0 Å². The van der Waals surface area contributed by atoms with E-state index < -0.39 is 46.8 Å². The van der Waals surface area contributed by atoms with Crippen molar-refractivity contribution in [3.8, 4) is 0 Å². The van der Waals surface area contributed by atoms with Crippen molar-refractivity contribution >= 4 is 23.9 Å². The molecular formula is C29H46N2O7. The standard InChI is InChI=1S/C29H46N2O7/c1-19-13-11-14-20(17-19)23(32)30-16-12-15-21(24(33)36-27(2,3)4)18-22(25(34)37-28(5,6)7)31-26(35)38-29(8,9)10/h11,13-14,17,21-22H,12,15-16,18H2,1-10H3,(H,30,32)(H,31,35)/t21-,22-/m0/s1. The zero-order valence-corrected chi connectivity index (χ0v) is 24.7. The number of ether oxygens (including phenoxy) is 3. The highest BCUT2D eigenvalue weighted by Crippen LogP contribution is 2.22. The molecule has 0 radical (unpaired) electrons. The number of nitrogens with one attached hydrogen (secondary N) is 2. The molecule has 2 amide bonds. The van der Waals surface area contributed by atoms with Gasteiger partial charge in [0, 0.05) is 12.1 Å². The van der Waals surface area contributed by atoms with Gasteiger partial charge in [0.1, 0.15) is 22.8 Å². The van der Waals surface area contributed by atoms with E-state index in [1.807, 2.05) is 19.1 Å². The van der Waals surface area contributed by atoms with Gasteiger partial charge >= 0.3 is 18.0 Å². The largest absolute Gasteiger partial charge is 0.460 e. The summed E-state index contributed by atoms with van der Waals surface area (Å²) in [6.45, 7) is 17.8. The number of aryl methyl sites for hydroxylation is 1. The van der Waals surface area contributed by atoms with Crippen LogP contribution in [0, 0.1) is 12.8 Å². The number of alkyl carbamates (subject to hydrolysis) is 1. The molecule has 38 heavy (non-hydrogen) atoms. The van der Waals surface area contributed by atoms with Gasteiger partial charge in [-0.05, 0) is 101 Å². The van der Waals surface area contributed by atoms with Crippen molar-refractivity contribution in [3.63, 3.8) is 0 Å². The van der Waals surface area contributed by atoms with Crippen molar-refractivity contribution < 1.29 is 33.4 Å². The molecule has 0 aliphatic rings. The molecule has 0 bridgehead atoms. The topological polar surface area (TPSA) is 120 Å². The number of esters is 2. The molecule has 2 atom stereocenters. The van der Waals surface area contributed by atoms with Crippen LogP contribution in [-0.4, -0.2) is 53.3 Å². The van der Waals surface area contributed by atoms with E-state index in [9.17, 15) is 19.2 Å². The number of hydrogen-bond acceptors (Lipinski definition) is 7. The lowest BCUT2D eigenvalue weighted by Gasteiger charge is -2.29. The Morgan fingerprint density at radius 1 is 0.816 bits per heavy atom. The lowest BCUT2D eigenvalue weighted by molar-refractivity contribution is -0.163. The minimum absolute atomic E-state index is 0.0467. The second-order valence-electron chi connectivity index (χ2n) is 12.5. The molecule has 214 valence electrons. The molecule has 0 saturated carbocycles. The van der Waals surface area contributed by atoms with Crippen LogP contribution in [0.1, 0.15) is 97.5 Å². The highest BCUT2D eigenvalue weighted by Gasteiger charge is 2.34. The van der Waals surface area contributed by atoms with Gasteiger partial charge in [-0.2, -0.15) is 0 Å². The summed E-state index contributed by atoms with van der Waals surface area (Å²) in [6, 6.07) is 6.13. The average Bonchev–Trinajstić information content (AvgIpc) is 2.71. The number of benzene rings is 1. The zero-order chi connectivity index (χ0) is 29.3. The summed E-state index contributed by atoms with van der Waals surface area (Å²) >= 11 is 0. The summed E-state index contributed by atoms with van der Waals surface area (Å²) in [4.78, 5) is 51.1. The molecule has 9 nitrogen and oxygen atoms in total. The Balaban J connectivity index is 3.01. The third-order valence-electron chi connectivity index (χ3n) is 4.94. The van der Waals surface area contributed by atoms with Gasteiger partial charge in [-0.15, -0.1) is 0 Å². The summed E-state index contributed by atoms with van der Waals surface area (Å²) in [7, 11) is 0. The van der Waals surface area contributed by atoms with Crippen LogP contribution in [0.3, 0.4) is 0 Å². The van der Waals surface area contributed by atoms with Crippen molar-refractivity contribution in [2.24, 2.45) is 5.92 Å². The van der Waals surface area contributed by atoms with Gasteiger partial charge in [0.15, 0.2) is 0 Å². The van der Waals surface area contributed by atoms with Crippen LogP contribution in [0.5, 0.6) is 0 Å². The summed E-state index contributed by atoms with van der Waals surface area (Å²) < 4.78 is 16.4. The predicted octanol–water partition coefficient (Wildman–Crippen LogP) is 5.09. The molecule has 1 rings (SSSR count). The monoisotopic (exact) mass is 534 g/mol. The molecule has 0 unspecified atom stereocenters. The fourth-order valence-corrected chi connectivity index (χ4v) is 3.48. The van der Waals surface area contributed by atoms with Crippen molar-refractivity contribution in [1.29, 1.82) is 0 Å². The zero-order valence-electron chi connectivity index (χ0n) is 24.7. The quantitative estimate of drug-likeness (QED) is 0.244. The minimum Gasteiger partial charge on any atom is -0.460 e. The van der Waals surface area contributed by atoms with E-state index in [2.05, 4.69) is 10.6 Å². The second kappa shape index (κ2) is 13.6. The van der Waals surface area contributed by atoms with E-state index in [1.54, 1.807) is 74.4 Å². The third-order valence-corrected chi connectivity index (χ3v) is 4.94. The minimum atomic E-state index is -1.14. The lowest BCUT2D eigenvalue weighted by atomic mass is 9.94. The van der Waals surface area contributed by atoms with Crippen LogP contribution in [0.25, 0.3) is 0 Å². The average molecular weight is 535 g/mol. The maximum atomic E-state index is 13.1. The van der Waals surface area contributed by atoms with Crippen molar-refractivity contribution in [2.75, 3.05) is 6.54 Å². The smallest absolute Gasteiger partial charge is 0.408 e. The van der Waals surface area contributed by atoms with Gasteiger partial charge < -0.3 is 24.8 Å². The molecule has 1 aromatic carbocycles. The van der Waals surface area contributed by atoms with Crippen LogP contribution in [-0.2, 0) is 23.8 Å². The van der Waals surface area contributed by atoms with Crippen LogP contribution >= 0.6 is 0 Å². The molecule has 0 aliphatic carbocycles. The Morgan fingerprint density at radius 3 is 1.89 bits per heavy atom. The van der Waals surface area contributed by atoms with E-state index in [0.717, 1.165) is 5.56 Å². The van der Waals surface area contributed by atoms with Crippen molar-refractivity contribution in [2.45, 2.75) is 111 Å². The second-order valence-corrected chi connectivity index (χ2v) is 12.5. The first-order chi connectivity index (χ1) is 17.3. The van der Waals surface area contributed by atoms with E-state index in [4.69, 9.17) is 14.2 Å². The molecule has 0 saturated heterocycles. The highest BCUT2D eigenvalue weighted by atomic mass is 16.6. The first kappa shape index (κ1) is 32.9. The molecule has 0 fully saturated rings.